The second kappa shape index (κ2) is 9.05. The summed E-state index contributed by atoms with van der Waals surface area (Å²) < 4.78 is 0. The van der Waals surface area contributed by atoms with Crippen LogP contribution >= 0.6 is 12.6 Å². The molecule has 4 aromatic rings. The van der Waals surface area contributed by atoms with E-state index in [4.69, 9.17) is 0 Å². The summed E-state index contributed by atoms with van der Waals surface area (Å²) in [7, 11) is 1.62. The number of rotatable bonds is 6. The molecule has 3 aromatic heterocycles. The van der Waals surface area contributed by atoms with Gasteiger partial charge in [-0.2, -0.15) is 0 Å². The largest absolute Gasteiger partial charge is 0.370 e. The maximum atomic E-state index is 12.1. The van der Waals surface area contributed by atoms with Crippen LogP contribution in [-0.2, 0) is 6.42 Å². The summed E-state index contributed by atoms with van der Waals surface area (Å²) >= 11 is 4.43. The van der Waals surface area contributed by atoms with E-state index in [2.05, 4.69) is 48.2 Å². The SMILES string of the molecule is CNC(=O)c1ccnc2c(CCNc3cc(-c4cnc(C)nc4S)ncn3)cccc12. The van der Waals surface area contributed by atoms with E-state index >= 15 is 0 Å². The number of hydrogen-bond acceptors (Lipinski definition) is 8. The number of hydrogen-bond donors (Lipinski definition) is 3. The van der Waals surface area contributed by atoms with Gasteiger partial charge in [0.25, 0.3) is 5.91 Å². The van der Waals surface area contributed by atoms with E-state index in [1.807, 2.05) is 31.2 Å². The lowest BCUT2D eigenvalue weighted by atomic mass is 10.0. The van der Waals surface area contributed by atoms with Crippen LogP contribution < -0.4 is 10.6 Å². The van der Waals surface area contributed by atoms with Crippen LogP contribution in [0.25, 0.3) is 22.2 Å². The van der Waals surface area contributed by atoms with Crippen LogP contribution in [0.4, 0.5) is 5.82 Å². The minimum absolute atomic E-state index is 0.125. The van der Waals surface area contributed by atoms with Crippen molar-refractivity contribution in [2.75, 3.05) is 18.9 Å². The van der Waals surface area contributed by atoms with Crippen molar-refractivity contribution < 1.29 is 4.79 Å². The third-order valence-electron chi connectivity index (χ3n) is 4.86. The normalized spacial score (nSPS) is 10.8. The number of para-hydroxylation sites is 1. The van der Waals surface area contributed by atoms with Gasteiger partial charge < -0.3 is 10.6 Å². The molecule has 0 saturated heterocycles. The first-order valence-corrected chi connectivity index (χ1v) is 10.2. The van der Waals surface area contributed by atoms with Gasteiger partial charge in [0.05, 0.1) is 22.3 Å². The van der Waals surface area contributed by atoms with E-state index < -0.39 is 0 Å². The number of aromatic nitrogens is 5. The molecule has 1 amide bonds. The molecule has 0 fully saturated rings. The number of anilines is 1. The van der Waals surface area contributed by atoms with Crippen molar-refractivity contribution in [3.63, 3.8) is 0 Å². The summed E-state index contributed by atoms with van der Waals surface area (Å²) in [5, 5.41) is 7.41. The molecule has 9 heteroatoms. The predicted octanol–water partition coefficient (Wildman–Crippen LogP) is 3.09. The van der Waals surface area contributed by atoms with Gasteiger partial charge in [-0.25, -0.2) is 19.9 Å². The third-order valence-corrected chi connectivity index (χ3v) is 5.20. The molecule has 3 heterocycles. The molecule has 2 N–H and O–H groups in total. The van der Waals surface area contributed by atoms with Gasteiger partial charge >= 0.3 is 0 Å². The number of fused-ring (bicyclic) bond motifs is 1. The van der Waals surface area contributed by atoms with E-state index in [-0.39, 0.29) is 5.91 Å². The molecule has 31 heavy (non-hydrogen) atoms. The lowest BCUT2D eigenvalue weighted by Gasteiger charge is -2.11. The smallest absolute Gasteiger partial charge is 0.251 e. The highest BCUT2D eigenvalue weighted by molar-refractivity contribution is 7.80. The molecule has 4 rings (SSSR count). The van der Waals surface area contributed by atoms with Crippen molar-refractivity contribution in [2.24, 2.45) is 0 Å². The molecule has 156 valence electrons. The molecular weight excluding hydrogens is 410 g/mol. The molecule has 1 aromatic carbocycles. The zero-order chi connectivity index (χ0) is 21.8. The fraction of sp³-hybridized carbons (Fsp3) is 0.182. The quantitative estimate of drug-likeness (QED) is 0.318. The molecule has 0 unspecified atom stereocenters. The average Bonchev–Trinajstić information content (AvgIpc) is 2.78. The predicted molar refractivity (Wildman–Crippen MR) is 122 cm³/mol. The lowest BCUT2D eigenvalue weighted by molar-refractivity contribution is 0.0964. The van der Waals surface area contributed by atoms with Crippen molar-refractivity contribution in [1.82, 2.24) is 30.2 Å². The van der Waals surface area contributed by atoms with E-state index in [1.54, 1.807) is 25.5 Å². The first-order chi connectivity index (χ1) is 15.1. The number of aryl methyl sites for hydroxylation is 1. The van der Waals surface area contributed by atoms with Gasteiger partial charge in [0, 0.05) is 37.4 Å². The van der Waals surface area contributed by atoms with E-state index in [0.717, 1.165) is 22.0 Å². The number of carbonyl (C=O) groups is 1. The Bertz CT molecular complexity index is 1260. The highest BCUT2D eigenvalue weighted by atomic mass is 32.1. The van der Waals surface area contributed by atoms with Crippen molar-refractivity contribution in [3.05, 3.63) is 66.0 Å². The Morgan fingerprint density at radius 2 is 2.00 bits per heavy atom. The van der Waals surface area contributed by atoms with Crippen molar-refractivity contribution in [2.45, 2.75) is 18.4 Å². The van der Waals surface area contributed by atoms with Crippen LogP contribution in [0, 0.1) is 6.92 Å². The van der Waals surface area contributed by atoms with Crippen molar-refractivity contribution in [1.29, 1.82) is 0 Å². The number of pyridine rings is 1. The Labute approximate surface area is 185 Å². The molecule has 0 aliphatic rings. The number of benzene rings is 1. The molecule has 0 radical (unpaired) electrons. The van der Waals surface area contributed by atoms with Gasteiger partial charge in [-0.1, -0.05) is 18.2 Å². The van der Waals surface area contributed by atoms with Crippen LogP contribution in [0.2, 0.25) is 0 Å². The van der Waals surface area contributed by atoms with Gasteiger partial charge in [-0.3, -0.25) is 9.78 Å². The lowest BCUT2D eigenvalue weighted by Crippen LogP contribution is -2.18. The number of thiol groups is 1. The van der Waals surface area contributed by atoms with Crippen molar-refractivity contribution in [3.8, 4) is 11.3 Å². The summed E-state index contributed by atoms with van der Waals surface area (Å²) in [6.07, 6.45) is 5.59. The van der Waals surface area contributed by atoms with Gasteiger partial charge in [-0.15, -0.1) is 12.6 Å². The van der Waals surface area contributed by atoms with E-state index in [0.29, 0.717) is 40.9 Å². The zero-order valence-corrected chi connectivity index (χ0v) is 18.0. The van der Waals surface area contributed by atoms with Crippen LogP contribution in [0.1, 0.15) is 21.7 Å². The highest BCUT2D eigenvalue weighted by Gasteiger charge is 2.12. The van der Waals surface area contributed by atoms with Crippen LogP contribution in [0.15, 0.2) is 54.1 Å². The minimum Gasteiger partial charge on any atom is -0.370 e. The van der Waals surface area contributed by atoms with Gasteiger partial charge in [0.1, 0.15) is 23.0 Å². The summed E-state index contributed by atoms with van der Waals surface area (Å²) in [5.74, 6) is 1.22. The molecule has 0 saturated carbocycles. The summed E-state index contributed by atoms with van der Waals surface area (Å²) in [4.78, 5) is 33.8. The number of amides is 1. The van der Waals surface area contributed by atoms with Gasteiger partial charge in [-0.05, 0) is 25.0 Å². The summed E-state index contributed by atoms with van der Waals surface area (Å²) in [6.45, 7) is 2.45. The molecule has 8 nitrogen and oxygen atoms in total. The topological polar surface area (TPSA) is 106 Å². The fourth-order valence-electron chi connectivity index (χ4n) is 3.34. The van der Waals surface area contributed by atoms with Gasteiger partial charge in [0.2, 0.25) is 0 Å². The number of nitrogens with one attached hydrogen (secondary N) is 2. The Morgan fingerprint density at radius 1 is 1.13 bits per heavy atom. The maximum absolute atomic E-state index is 12.1. The van der Waals surface area contributed by atoms with Crippen LogP contribution in [0.3, 0.4) is 0 Å². The minimum atomic E-state index is -0.125. The maximum Gasteiger partial charge on any atom is 0.251 e. The molecule has 0 spiro atoms. The summed E-state index contributed by atoms with van der Waals surface area (Å²) in [6, 6.07) is 9.46. The molecule has 0 atom stereocenters. The standard InChI is InChI=1S/C22H21N7OS/c1-13-26-11-17(22(31)29-13)18-10-19(28-12-27-18)24-8-6-14-4-3-5-15-16(21(30)23-2)7-9-25-20(14)15/h3-5,7,9-12H,6,8H2,1-2H3,(H,23,30)(H,24,27,28)(H,26,29,31). The molecule has 0 aliphatic carbocycles. The Kier molecular flexibility index (Phi) is 6.03. The third kappa shape index (κ3) is 4.46. The van der Waals surface area contributed by atoms with E-state index in [9.17, 15) is 4.79 Å². The number of nitrogens with zero attached hydrogens (tertiary/aromatic N) is 5. The molecular formula is C22H21N7OS. The summed E-state index contributed by atoms with van der Waals surface area (Å²) in [5.41, 5.74) is 3.94. The van der Waals surface area contributed by atoms with Crippen LogP contribution in [-0.4, -0.2) is 44.4 Å². The molecule has 0 aliphatic heterocycles. The van der Waals surface area contributed by atoms with Gasteiger partial charge in [0.15, 0.2) is 0 Å². The first-order valence-electron chi connectivity index (χ1n) is 9.74. The zero-order valence-electron chi connectivity index (χ0n) is 17.1. The Morgan fingerprint density at radius 3 is 2.81 bits per heavy atom. The Hall–Kier alpha value is -3.59. The highest BCUT2D eigenvalue weighted by Crippen LogP contribution is 2.24. The number of carbonyl (C=O) groups excluding carboxylic acids is 1. The Balaban J connectivity index is 1.51. The second-order valence-corrected chi connectivity index (χ2v) is 7.29. The monoisotopic (exact) mass is 431 g/mol. The average molecular weight is 432 g/mol. The molecule has 0 bridgehead atoms. The van der Waals surface area contributed by atoms with E-state index in [1.165, 1.54) is 6.33 Å². The fourth-order valence-corrected chi connectivity index (χ4v) is 3.65. The first kappa shape index (κ1) is 20.7. The van der Waals surface area contributed by atoms with Crippen LogP contribution in [0.5, 0.6) is 0 Å². The van der Waals surface area contributed by atoms with Crippen molar-refractivity contribution >= 4 is 35.3 Å². The second-order valence-electron chi connectivity index (χ2n) is 6.87.